The van der Waals surface area contributed by atoms with Gasteiger partial charge < -0.3 is 5.32 Å². The van der Waals surface area contributed by atoms with Crippen LogP contribution < -0.4 is 5.32 Å². The van der Waals surface area contributed by atoms with Crippen molar-refractivity contribution in [2.24, 2.45) is 13.0 Å². The Morgan fingerprint density at radius 3 is 2.50 bits per heavy atom. The van der Waals surface area contributed by atoms with E-state index >= 15 is 0 Å². The zero-order chi connectivity index (χ0) is 14.4. The standard InChI is InChI=1S/C16H24N4/c1-13(2)10-17-11-15(14-7-5-4-6-8-14)9-16-18-12-19-20(16)3/h4-8,12-13,15,17H,9-11H2,1-3H3. The maximum absolute atomic E-state index is 4.35. The second-order valence-corrected chi connectivity index (χ2v) is 5.66. The summed E-state index contributed by atoms with van der Waals surface area (Å²) in [5, 5.41) is 7.71. The SMILES string of the molecule is CC(C)CNCC(Cc1ncnn1C)c1ccccc1. The van der Waals surface area contributed by atoms with Crippen molar-refractivity contribution in [1.29, 1.82) is 0 Å². The molecule has 0 aliphatic carbocycles. The molecule has 1 unspecified atom stereocenters. The molecule has 0 spiro atoms. The number of aryl methyl sites for hydroxylation is 1. The van der Waals surface area contributed by atoms with Crippen molar-refractivity contribution in [1.82, 2.24) is 20.1 Å². The minimum atomic E-state index is 0.429. The van der Waals surface area contributed by atoms with Crippen molar-refractivity contribution < 1.29 is 0 Å². The van der Waals surface area contributed by atoms with Crippen molar-refractivity contribution in [3.05, 3.63) is 48.0 Å². The molecule has 4 nitrogen and oxygen atoms in total. The first-order valence-corrected chi connectivity index (χ1v) is 7.25. The molecule has 1 aromatic heterocycles. The zero-order valence-electron chi connectivity index (χ0n) is 12.6. The predicted molar refractivity (Wildman–Crippen MR) is 81.6 cm³/mol. The van der Waals surface area contributed by atoms with E-state index in [-0.39, 0.29) is 0 Å². The minimum Gasteiger partial charge on any atom is -0.316 e. The molecule has 2 aromatic rings. The molecule has 1 N–H and O–H groups in total. The van der Waals surface area contributed by atoms with Crippen molar-refractivity contribution in [3.63, 3.8) is 0 Å². The summed E-state index contributed by atoms with van der Waals surface area (Å²) >= 11 is 0. The van der Waals surface area contributed by atoms with Crippen molar-refractivity contribution in [2.45, 2.75) is 26.2 Å². The third-order valence-corrected chi connectivity index (χ3v) is 3.45. The van der Waals surface area contributed by atoms with Gasteiger partial charge in [-0.15, -0.1) is 0 Å². The van der Waals surface area contributed by atoms with Gasteiger partial charge in [0.2, 0.25) is 0 Å². The number of nitrogens with zero attached hydrogens (tertiary/aromatic N) is 3. The zero-order valence-corrected chi connectivity index (χ0v) is 12.6. The topological polar surface area (TPSA) is 42.7 Å². The van der Waals surface area contributed by atoms with E-state index in [0.717, 1.165) is 25.3 Å². The molecule has 1 heterocycles. The van der Waals surface area contributed by atoms with E-state index in [4.69, 9.17) is 0 Å². The molecule has 108 valence electrons. The van der Waals surface area contributed by atoms with Gasteiger partial charge in [0, 0.05) is 25.9 Å². The lowest BCUT2D eigenvalue weighted by atomic mass is 9.95. The molecule has 0 fully saturated rings. The van der Waals surface area contributed by atoms with Gasteiger partial charge in [-0.25, -0.2) is 4.98 Å². The molecule has 0 amide bonds. The Kier molecular flexibility index (Phi) is 5.30. The monoisotopic (exact) mass is 272 g/mol. The van der Waals surface area contributed by atoms with Gasteiger partial charge in [-0.1, -0.05) is 44.2 Å². The highest BCUT2D eigenvalue weighted by Crippen LogP contribution is 2.19. The van der Waals surface area contributed by atoms with Crippen molar-refractivity contribution in [2.75, 3.05) is 13.1 Å². The van der Waals surface area contributed by atoms with Crippen LogP contribution >= 0.6 is 0 Å². The fourth-order valence-electron chi connectivity index (χ4n) is 2.30. The van der Waals surface area contributed by atoms with Gasteiger partial charge in [0.15, 0.2) is 0 Å². The molecule has 0 saturated carbocycles. The first-order valence-electron chi connectivity index (χ1n) is 7.25. The van der Waals surface area contributed by atoms with Crippen LogP contribution in [0, 0.1) is 5.92 Å². The van der Waals surface area contributed by atoms with Crippen LogP contribution in [0.5, 0.6) is 0 Å². The van der Waals surface area contributed by atoms with Gasteiger partial charge in [0.1, 0.15) is 12.2 Å². The Bertz CT molecular complexity index is 504. The first kappa shape index (κ1) is 14.7. The third-order valence-electron chi connectivity index (χ3n) is 3.45. The quantitative estimate of drug-likeness (QED) is 0.841. The van der Waals surface area contributed by atoms with Crippen LogP contribution in [-0.4, -0.2) is 27.9 Å². The van der Waals surface area contributed by atoms with Crippen molar-refractivity contribution >= 4 is 0 Å². The lowest BCUT2D eigenvalue weighted by Crippen LogP contribution is -2.27. The lowest BCUT2D eigenvalue weighted by Gasteiger charge is -2.18. The Hall–Kier alpha value is -1.68. The second-order valence-electron chi connectivity index (χ2n) is 5.66. The van der Waals surface area contributed by atoms with E-state index in [1.165, 1.54) is 5.56 Å². The van der Waals surface area contributed by atoms with E-state index in [2.05, 4.69) is 59.6 Å². The summed E-state index contributed by atoms with van der Waals surface area (Å²) in [5.74, 6) is 2.13. The third kappa shape index (κ3) is 4.17. The van der Waals surface area contributed by atoms with Gasteiger partial charge >= 0.3 is 0 Å². The highest BCUT2D eigenvalue weighted by atomic mass is 15.3. The average Bonchev–Trinajstić information content (AvgIpc) is 2.84. The van der Waals surface area contributed by atoms with Gasteiger partial charge in [-0.2, -0.15) is 5.10 Å². The summed E-state index contributed by atoms with van der Waals surface area (Å²) in [6.07, 6.45) is 2.53. The van der Waals surface area contributed by atoms with Crippen LogP contribution in [-0.2, 0) is 13.5 Å². The van der Waals surface area contributed by atoms with Gasteiger partial charge in [-0.3, -0.25) is 4.68 Å². The molecule has 0 bridgehead atoms. The second kappa shape index (κ2) is 7.20. The minimum absolute atomic E-state index is 0.429. The molecule has 1 aromatic carbocycles. The van der Waals surface area contributed by atoms with Gasteiger partial charge in [0.25, 0.3) is 0 Å². The normalized spacial score (nSPS) is 12.8. The van der Waals surface area contributed by atoms with Crippen LogP contribution in [0.25, 0.3) is 0 Å². The molecule has 0 aliphatic heterocycles. The molecular formula is C16H24N4. The van der Waals surface area contributed by atoms with E-state index in [0.29, 0.717) is 11.8 Å². The van der Waals surface area contributed by atoms with Gasteiger partial charge in [0.05, 0.1) is 0 Å². The molecule has 0 aliphatic rings. The Morgan fingerprint density at radius 1 is 1.15 bits per heavy atom. The number of benzene rings is 1. The van der Waals surface area contributed by atoms with Crippen molar-refractivity contribution in [3.8, 4) is 0 Å². The van der Waals surface area contributed by atoms with Crippen LogP contribution in [0.1, 0.15) is 31.2 Å². The summed E-state index contributed by atoms with van der Waals surface area (Å²) in [6.45, 7) is 6.47. The molecule has 0 radical (unpaired) electrons. The predicted octanol–water partition coefficient (Wildman–Crippen LogP) is 2.39. The largest absolute Gasteiger partial charge is 0.316 e. The number of hydrogen-bond donors (Lipinski definition) is 1. The van der Waals surface area contributed by atoms with E-state index in [9.17, 15) is 0 Å². The van der Waals surface area contributed by atoms with Crippen LogP contribution in [0.2, 0.25) is 0 Å². The maximum Gasteiger partial charge on any atom is 0.138 e. The number of rotatable bonds is 7. The fourth-order valence-corrected chi connectivity index (χ4v) is 2.30. The van der Waals surface area contributed by atoms with E-state index < -0.39 is 0 Å². The Balaban J connectivity index is 2.06. The van der Waals surface area contributed by atoms with E-state index in [1.54, 1.807) is 6.33 Å². The van der Waals surface area contributed by atoms with E-state index in [1.807, 2.05) is 11.7 Å². The maximum atomic E-state index is 4.35. The smallest absolute Gasteiger partial charge is 0.138 e. The van der Waals surface area contributed by atoms with Gasteiger partial charge in [-0.05, 0) is 18.0 Å². The van der Waals surface area contributed by atoms with Crippen LogP contribution in [0.3, 0.4) is 0 Å². The first-order chi connectivity index (χ1) is 9.66. The summed E-state index contributed by atoms with van der Waals surface area (Å²) in [6, 6.07) is 10.6. The lowest BCUT2D eigenvalue weighted by molar-refractivity contribution is 0.504. The fraction of sp³-hybridized carbons (Fsp3) is 0.500. The summed E-state index contributed by atoms with van der Waals surface area (Å²) < 4.78 is 1.86. The molecule has 1 atom stereocenters. The summed E-state index contributed by atoms with van der Waals surface area (Å²) in [4.78, 5) is 4.35. The number of nitrogens with one attached hydrogen (secondary N) is 1. The van der Waals surface area contributed by atoms with Crippen LogP contribution in [0.15, 0.2) is 36.7 Å². The molecule has 20 heavy (non-hydrogen) atoms. The molecular weight excluding hydrogens is 248 g/mol. The highest BCUT2D eigenvalue weighted by molar-refractivity contribution is 5.21. The highest BCUT2D eigenvalue weighted by Gasteiger charge is 2.15. The molecule has 4 heteroatoms. The Labute approximate surface area is 121 Å². The average molecular weight is 272 g/mol. The summed E-state index contributed by atoms with van der Waals surface area (Å²) in [7, 11) is 1.95. The van der Waals surface area contributed by atoms with Crippen LogP contribution in [0.4, 0.5) is 0 Å². The summed E-state index contributed by atoms with van der Waals surface area (Å²) in [5.41, 5.74) is 1.35. The molecule has 0 saturated heterocycles. The Morgan fingerprint density at radius 2 is 1.90 bits per heavy atom. The number of aromatic nitrogens is 3. The number of hydrogen-bond acceptors (Lipinski definition) is 3. The molecule has 2 rings (SSSR count).